The van der Waals surface area contributed by atoms with Gasteiger partial charge in [-0.15, -0.1) is 0 Å². The Morgan fingerprint density at radius 2 is 1.80 bits per heavy atom. The van der Waals surface area contributed by atoms with Crippen molar-refractivity contribution in [2.24, 2.45) is 17.3 Å². The first-order chi connectivity index (χ1) is 14.1. The fraction of sp³-hybridized carbons (Fsp3) is 0.455. The first kappa shape index (κ1) is 20.6. The van der Waals surface area contributed by atoms with Gasteiger partial charge in [-0.05, 0) is 73.9 Å². The third kappa shape index (κ3) is 3.75. The van der Waals surface area contributed by atoms with E-state index in [1.807, 2.05) is 6.92 Å². The Morgan fingerprint density at radius 1 is 1.13 bits per heavy atom. The van der Waals surface area contributed by atoms with Crippen molar-refractivity contribution in [3.05, 3.63) is 53.5 Å². The second kappa shape index (κ2) is 7.25. The second-order valence-electron chi connectivity index (χ2n) is 8.53. The molecule has 4 nitrogen and oxygen atoms in total. The summed E-state index contributed by atoms with van der Waals surface area (Å²) < 4.78 is 51.8. The number of rotatable bonds is 5. The van der Waals surface area contributed by atoms with Crippen LogP contribution >= 0.6 is 0 Å². The zero-order chi connectivity index (χ0) is 21.7. The summed E-state index contributed by atoms with van der Waals surface area (Å²) in [6.07, 6.45) is -1.87. The van der Waals surface area contributed by atoms with E-state index in [1.54, 1.807) is 0 Å². The molecule has 3 aliphatic rings. The van der Waals surface area contributed by atoms with Crippen molar-refractivity contribution in [3.8, 4) is 0 Å². The van der Waals surface area contributed by atoms with Crippen LogP contribution < -0.4 is 10.6 Å². The minimum atomic E-state index is -4.41. The van der Waals surface area contributed by atoms with Crippen LogP contribution in [0.25, 0.3) is 0 Å². The lowest BCUT2D eigenvalue weighted by atomic mass is 9.62. The van der Waals surface area contributed by atoms with E-state index < -0.39 is 11.7 Å². The van der Waals surface area contributed by atoms with Gasteiger partial charge in [0.1, 0.15) is 11.6 Å². The van der Waals surface area contributed by atoms with Crippen LogP contribution in [0.1, 0.15) is 37.4 Å². The van der Waals surface area contributed by atoms with Crippen LogP contribution in [0.4, 0.5) is 29.1 Å². The highest BCUT2D eigenvalue weighted by Gasteiger charge is 2.59. The lowest BCUT2D eigenvalue weighted by Gasteiger charge is -2.42. The number of hydrogen-bond donors (Lipinski definition) is 2. The summed E-state index contributed by atoms with van der Waals surface area (Å²) >= 11 is 0. The van der Waals surface area contributed by atoms with Crippen LogP contribution in [0, 0.1) is 30.0 Å². The molecule has 0 saturated heterocycles. The van der Waals surface area contributed by atoms with Gasteiger partial charge < -0.3 is 10.6 Å². The molecular weight excluding hydrogens is 398 g/mol. The highest BCUT2D eigenvalue weighted by atomic mass is 19.4. The van der Waals surface area contributed by atoms with E-state index in [9.17, 15) is 22.4 Å². The van der Waals surface area contributed by atoms with Gasteiger partial charge in [-0.25, -0.2) is 9.37 Å². The van der Waals surface area contributed by atoms with Crippen molar-refractivity contribution in [2.75, 3.05) is 10.6 Å². The van der Waals surface area contributed by atoms with Gasteiger partial charge in [0.25, 0.3) is 0 Å². The SMILES string of the molecule is Cc1nc(NC2CC3(C(C)C(=O)Nc4ccc(F)cc4)CC2C3)ccc1C(F)(F)F. The van der Waals surface area contributed by atoms with Crippen LogP contribution in [0.2, 0.25) is 0 Å². The van der Waals surface area contributed by atoms with Crippen molar-refractivity contribution < 1.29 is 22.4 Å². The fourth-order valence-electron chi connectivity index (χ4n) is 4.93. The highest BCUT2D eigenvalue weighted by molar-refractivity contribution is 5.93. The zero-order valence-electron chi connectivity index (χ0n) is 16.7. The van der Waals surface area contributed by atoms with E-state index >= 15 is 0 Å². The molecule has 1 amide bonds. The average Bonchev–Trinajstić information content (AvgIpc) is 3.17. The molecule has 2 atom stereocenters. The smallest absolute Gasteiger partial charge is 0.367 e. The van der Waals surface area contributed by atoms with Gasteiger partial charge in [0.05, 0.1) is 11.3 Å². The summed E-state index contributed by atoms with van der Waals surface area (Å²) in [7, 11) is 0. The minimum absolute atomic E-state index is 0.0559. The number of carbonyl (C=O) groups is 1. The molecule has 2 bridgehead atoms. The zero-order valence-corrected chi connectivity index (χ0v) is 16.7. The molecule has 1 heterocycles. The third-order valence-electron chi connectivity index (χ3n) is 6.68. The molecule has 2 N–H and O–H groups in total. The molecule has 2 unspecified atom stereocenters. The molecule has 1 aromatic carbocycles. The summed E-state index contributed by atoms with van der Waals surface area (Å²) in [5, 5.41) is 6.12. The number of aromatic nitrogens is 1. The number of hydrogen-bond acceptors (Lipinski definition) is 3. The summed E-state index contributed by atoms with van der Waals surface area (Å²) in [5.41, 5.74) is -0.364. The molecule has 160 valence electrons. The van der Waals surface area contributed by atoms with E-state index in [2.05, 4.69) is 15.6 Å². The predicted octanol–water partition coefficient (Wildman–Crippen LogP) is 5.40. The number of amides is 1. The van der Waals surface area contributed by atoms with E-state index in [0.717, 1.165) is 25.3 Å². The molecule has 3 aliphatic carbocycles. The molecule has 1 aromatic heterocycles. The van der Waals surface area contributed by atoms with Gasteiger partial charge in [0.2, 0.25) is 5.91 Å². The number of alkyl halides is 3. The van der Waals surface area contributed by atoms with Crippen molar-refractivity contribution in [1.29, 1.82) is 0 Å². The quantitative estimate of drug-likeness (QED) is 0.636. The largest absolute Gasteiger partial charge is 0.418 e. The predicted molar refractivity (Wildman–Crippen MR) is 105 cm³/mol. The minimum Gasteiger partial charge on any atom is -0.367 e. The number of aryl methyl sites for hydroxylation is 1. The maximum Gasteiger partial charge on any atom is 0.418 e. The number of nitrogens with zero attached hydrogens (tertiary/aromatic N) is 1. The number of benzene rings is 1. The Morgan fingerprint density at radius 3 is 2.40 bits per heavy atom. The summed E-state index contributed by atoms with van der Waals surface area (Å²) in [5.74, 6) is 0.0995. The molecule has 0 aliphatic heterocycles. The monoisotopic (exact) mass is 421 g/mol. The Bertz CT molecular complexity index is 952. The van der Waals surface area contributed by atoms with E-state index in [1.165, 1.54) is 37.3 Å². The number of carbonyl (C=O) groups excluding carboxylic acids is 1. The van der Waals surface area contributed by atoms with Gasteiger partial charge in [0.15, 0.2) is 0 Å². The third-order valence-corrected chi connectivity index (χ3v) is 6.68. The van der Waals surface area contributed by atoms with Gasteiger partial charge in [-0.2, -0.15) is 13.2 Å². The van der Waals surface area contributed by atoms with Crippen LogP contribution in [0.15, 0.2) is 36.4 Å². The Labute approximate surface area is 172 Å². The Kier molecular flexibility index (Phi) is 4.98. The van der Waals surface area contributed by atoms with Crippen molar-refractivity contribution in [2.45, 2.75) is 45.3 Å². The van der Waals surface area contributed by atoms with Crippen molar-refractivity contribution >= 4 is 17.4 Å². The lowest BCUT2D eigenvalue weighted by molar-refractivity contribution is -0.138. The molecule has 3 fully saturated rings. The second-order valence-corrected chi connectivity index (χ2v) is 8.53. The molecule has 3 saturated carbocycles. The topological polar surface area (TPSA) is 54.0 Å². The van der Waals surface area contributed by atoms with Gasteiger partial charge in [0, 0.05) is 17.6 Å². The van der Waals surface area contributed by atoms with Crippen LogP contribution in [0.3, 0.4) is 0 Å². The van der Waals surface area contributed by atoms with E-state index in [-0.39, 0.29) is 34.8 Å². The van der Waals surface area contributed by atoms with Gasteiger partial charge in [-0.3, -0.25) is 4.79 Å². The van der Waals surface area contributed by atoms with Gasteiger partial charge >= 0.3 is 6.18 Å². The summed E-state index contributed by atoms with van der Waals surface area (Å²) in [4.78, 5) is 16.8. The first-order valence-electron chi connectivity index (χ1n) is 9.95. The highest BCUT2D eigenvalue weighted by Crippen LogP contribution is 2.63. The molecular formula is C22H23F4N3O. The standard InChI is InChI=1S/C22H23F4N3O/c1-12(20(30)28-16-5-3-15(23)4-6-16)21-9-14(10-21)18(11-21)29-19-8-7-17(13(2)27-19)22(24,25)26/h3-8,12,14,18H,9-11H2,1-2H3,(H,27,29)(H,28,30). The fourth-order valence-corrected chi connectivity index (χ4v) is 4.93. The number of halogens is 4. The molecule has 2 aromatic rings. The molecule has 5 rings (SSSR count). The maximum absolute atomic E-state index is 13.0. The normalized spacial score (nSPS) is 26.1. The maximum atomic E-state index is 13.0. The van der Waals surface area contributed by atoms with E-state index in [4.69, 9.17) is 0 Å². The molecule has 8 heteroatoms. The molecule has 0 radical (unpaired) electrons. The van der Waals surface area contributed by atoms with Crippen molar-refractivity contribution in [3.63, 3.8) is 0 Å². The van der Waals surface area contributed by atoms with Gasteiger partial charge in [-0.1, -0.05) is 6.92 Å². The number of pyridine rings is 1. The van der Waals surface area contributed by atoms with Crippen LogP contribution in [-0.4, -0.2) is 16.9 Å². The lowest BCUT2D eigenvalue weighted by Crippen LogP contribution is -2.41. The first-order valence-corrected chi connectivity index (χ1v) is 9.95. The Balaban J connectivity index is 1.39. The number of fused-ring (bicyclic) bond motifs is 1. The number of nitrogens with one attached hydrogen (secondary N) is 2. The summed E-state index contributed by atoms with van der Waals surface area (Å²) in [6.45, 7) is 3.25. The van der Waals surface area contributed by atoms with Crippen LogP contribution in [-0.2, 0) is 11.0 Å². The Hall–Kier alpha value is -2.64. The van der Waals surface area contributed by atoms with Crippen molar-refractivity contribution in [1.82, 2.24) is 4.98 Å². The van der Waals surface area contributed by atoms with Crippen LogP contribution in [0.5, 0.6) is 0 Å². The molecule has 30 heavy (non-hydrogen) atoms. The number of anilines is 2. The summed E-state index contributed by atoms with van der Waals surface area (Å²) in [6, 6.07) is 8.15. The average molecular weight is 421 g/mol. The molecule has 0 spiro atoms. The van der Waals surface area contributed by atoms with E-state index in [0.29, 0.717) is 17.4 Å².